The summed E-state index contributed by atoms with van der Waals surface area (Å²) in [6, 6.07) is 5.80. The number of carbonyl (C=O) groups excluding carboxylic acids is 2. The molecule has 0 saturated carbocycles. The second-order valence-corrected chi connectivity index (χ2v) is 5.32. The molecule has 0 aromatic heterocycles. The van der Waals surface area contributed by atoms with Crippen LogP contribution in [0.1, 0.15) is 26.2 Å². The lowest BCUT2D eigenvalue weighted by molar-refractivity contribution is -0.383. The zero-order valence-electron chi connectivity index (χ0n) is 12.7. The van der Waals surface area contributed by atoms with Gasteiger partial charge in [0, 0.05) is 6.07 Å². The first-order valence-electron chi connectivity index (χ1n) is 7.39. The normalized spacial score (nSPS) is 18.0. The minimum Gasteiger partial charge on any atom is -0.452 e. The Bertz CT molecular complexity index is 641. The molecule has 1 aromatic carbocycles. The van der Waals surface area contributed by atoms with Gasteiger partial charge in [0.1, 0.15) is 5.69 Å². The lowest BCUT2D eigenvalue weighted by Gasteiger charge is -2.19. The predicted octanol–water partition coefficient (Wildman–Crippen LogP) is 2.82. The Balaban J connectivity index is 1.96. The van der Waals surface area contributed by atoms with Gasteiger partial charge < -0.3 is 10.1 Å². The van der Waals surface area contributed by atoms with Gasteiger partial charge in [-0.3, -0.25) is 19.7 Å². The zero-order chi connectivity index (χ0) is 16.8. The third-order valence-corrected chi connectivity index (χ3v) is 3.62. The van der Waals surface area contributed by atoms with Gasteiger partial charge in [0.15, 0.2) is 6.10 Å². The average molecular weight is 318 g/mol. The molecule has 7 nitrogen and oxygen atoms in total. The lowest BCUT2D eigenvalue weighted by Crippen LogP contribution is -2.32. The Hall–Kier alpha value is -2.70. The summed E-state index contributed by atoms with van der Waals surface area (Å²) < 4.78 is 5.17. The summed E-state index contributed by atoms with van der Waals surface area (Å²) in [5.41, 5.74) is -0.136. The van der Waals surface area contributed by atoms with Crippen molar-refractivity contribution in [2.45, 2.75) is 32.3 Å². The number of nitrogens with one attached hydrogen (secondary N) is 1. The van der Waals surface area contributed by atoms with Crippen LogP contribution in [0.4, 0.5) is 11.4 Å². The molecule has 1 N–H and O–H groups in total. The number of rotatable bonds is 5. The van der Waals surface area contributed by atoms with Gasteiger partial charge in [-0.25, -0.2) is 0 Å². The van der Waals surface area contributed by atoms with Gasteiger partial charge >= 0.3 is 5.97 Å². The molecule has 1 aromatic rings. The number of ether oxygens (including phenoxy) is 1. The Morgan fingerprint density at radius 2 is 2.09 bits per heavy atom. The summed E-state index contributed by atoms with van der Waals surface area (Å²) in [7, 11) is 0. The molecule has 1 amide bonds. The van der Waals surface area contributed by atoms with Gasteiger partial charge in [-0.15, -0.1) is 0 Å². The second kappa shape index (κ2) is 7.53. The fourth-order valence-corrected chi connectivity index (χ4v) is 2.30. The van der Waals surface area contributed by atoms with E-state index in [1.165, 1.54) is 25.1 Å². The Morgan fingerprint density at radius 1 is 1.35 bits per heavy atom. The van der Waals surface area contributed by atoms with E-state index in [1.807, 2.05) is 12.2 Å². The summed E-state index contributed by atoms with van der Waals surface area (Å²) in [6.45, 7) is 1.45. The van der Waals surface area contributed by atoms with Crippen LogP contribution < -0.4 is 5.32 Å². The molecular formula is C16H18N2O5. The molecule has 23 heavy (non-hydrogen) atoms. The summed E-state index contributed by atoms with van der Waals surface area (Å²) in [5, 5.41) is 13.3. The van der Waals surface area contributed by atoms with E-state index in [0.717, 1.165) is 6.42 Å². The maximum atomic E-state index is 12.1. The Kier molecular flexibility index (Phi) is 5.46. The number of para-hydroxylation sites is 2. The van der Waals surface area contributed by atoms with Gasteiger partial charge in [0.25, 0.3) is 11.6 Å². The number of benzene rings is 1. The van der Waals surface area contributed by atoms with Crippen molar-refractivity contribution in [3.8, 4) is 0 Å². The number of nitro groups is 1. The van der Waals surface area contributed by atoms with Crippen LogP contribution in [0.5, 0.6) is 0 Å². The number of anilines is 1. The van der Waals surface area contributed by atoms with Crippen molar-refractivity contribution in [1.29, 1.82) is 0 Å². The standard InChI is InChI=1S/C16H18N2O5/c1-11(23-16(20)12-7-3-2-4-8-12)15(19)17-13-9-5-6-10-14(13)18(21)22/h2-3,5-6,9-12H,4,7-8H2,1H3,(H,17,19)/t11-,12+/m1/s1. The molecule has 7 heteroatoms. The minimum atomic E-state index is -1.02. The molecule has 122 valence electrons. The van der Waals surface area contributed by atoms with E-state index in [2.05, 4.69) is 5.32 Å². The predicted molar refractivity (Wildman–Crippen MR) is 83.8 cm³/mol. The van der Waals surface area contributed by atoms with E-state index >= 15 is 0 Å². The van der Waals surface area contributed by atoms with Gasteiger partial charge in [0.05, 0.1) is 10.8 Å². The number of hydrogen-bond donors (Lipinski definition) is 1. The van der Waals surface area contributed by atoms with Gasteiger partial charge in [-0.05, 0) is 32.3 Å². The number of hydrogen-bond acceptors (Lipinski definition) is 5. The highest BCUT2D eigenvalue weighted by Gasteiger charge is 2.26. The molecule has 0 unspecified atom stereocenters. The molecule has 0 saturated heterocycles. The first kappa shape index (κ1) is 16.7. The maximum Gasteiger partial charge on any atom is 0.310 e. The van der Waals surface area contributed by atoms with Crippen LogP contribution in [0.15, 0.2) is 36.4 Å². The third-order valence-electron chi connectivity index (χ3n) is 3.62. The molecule has 0 heterocycles. The van der Waals surface area contributed by atoms with Crippen molar-refractivity contribution < 1.29 is 19.2 Å². The number of nitrogens with zero attached hydrogens (tertiary/aromatic N) is 1. The second-order valence-electron chi connectivity index (χ2n) is 5.32. The Morgan fingerprint density at radius 3 is 2.74 bits per heavy atom. The summed E-state index contributed by atoms with van der Waals surface area (Å²) >= 11 is 0. The van der Waals surface area contributed by atoms with E-state index in [0.29, 0.717) is 12.8 Å². The summed E-state index contributed by atoms with van der Waals surface area (Å²) in [4.78, 5) is 34.4. The van der Waals surface area contributed by atoms with Gasteiger partial charge in [0.2, 0.25) is 0 Å². The molecule has 0 fully saturated rings. The zero-order valence-corrected chi connectivity index (χ0v) is 12.7. The average Bonchev–Trinajstić information content (AvgIpc) is 2.55. The number of carbonyl (C=O) groups is 2. The van der Waals surface area contributed by atoms with E-state index in [-0.39, 0.29) is 17.3 Å². The quantitative estimate of drug-likeness (QED) is 0.389. The first-order valence-corrected chi connectivity index (χ1v) is 7.39. The first-order chi connectivity index (χ1) is 11.0. The van der Waals surface area contributed by atoms with Crippen LogP contribution in [0, 0.1) is 16.0 Å². The third kappa shape index (κ3) is 4.38. The highest BCUT2D eigenvalue weighted by molar-refractivity contribution is 5.96. The van der Waals surface area contributed by atoms with Crippen LogP contribution in [-0.2, 0) is 14.3 Å². The van der Waals surface area contributed by atoms with Crippen LogP contribution in [-0.4, -0.2) is 22.9 Å². The largest absolute Gasteiger partial charge is 0.452 e. The smallest absolute Gasteiger partial charge is 0.310 e. The number of esters is 1. The maximum absolute atomic E-state index is 12.1. The van der Waals surface area contributed by atoms with Crippen LogP contribution >= 0.6 is 0 Å². The van der Waals surface area contributed by atoms with E-state index in [4.69, 9.17) is 4.74 Å². The van der Waals surface area contributed by atoms with Crippen LogP contribution in [0.25, 0.3) is 0 Å². The van der Waals surface area contributed by atoms with Crippen LogP contribution in [0.3, 0.4) is 0 Å². The summed E-state index contributed by atoms with van der Waals surface area (Å²) in [6.07, 6.45) is 5.04. The molecule has 0 aliphatic heterocycles. The van der Waals surface area contributed by atoms with Crippen molar-refractivity contribution >= 4 is 23.3 Å². The molecule has 0 spiro atoms. The molecule has 0 bridgehead atoms. The number of allylic oxidation sites excluding steroid dienone is 2. The SMILES string of the molecule is C[C@@H](OC(=O)[C@H]1CC=CCC1)C(=O)Nc1ccccc1[N+](=O)[O-]. The van der Waals surface area contributed by atoms with E-state index in [1.54, 1.807) is 6.07 Å². The van der Waals surface area contributed by atoms with Crippen molar-refractivity contribution in [1.82, 2.24) is 0 Å². The molecule has 1 aliphatic rings. The lowest BCUT2D eigenvalue weighted by atomic mass is 9.95. The van der Waals surface area contributed by atoms with E-state index < -0.39 is 22.9 Å². The van der Waals surface area contributed by atoms with E-state index in [9.17, 15) is 19.7 Å². The van der Waals surface area contributed by atoms with Crippen molar-refractivity contribution in [3.63, 3.8) is 0 Å². The topological polar surface area (TPSA) is 98.5 Å². The van der Waals surface area contributed by atoms with Crippen molar-refractivity contribution in [2.24, 2.45) is 5.92 Å². The summed E-state index contributed by atoms with van der Waals surface area (Å²) in [5.74, 6) is -1.25. The fourth-order valence-electron chi connectivity index (χ4n) is 2.30. The van der Waals surface area contributed by atoms with Crippen LogP contribution in [0.2, 0.25) is 0 Å². The fraction of sp³-hybridized carbons (Fsp3) is 0.375. The highest BCUT2D eigenvalue weighted by atomic mass is 16.6. The molecule has 2 rings (SSSR count). The number of amides is 1. The molecular weight excluding hydrogens is 300 g/mol. The monoisotopic (exact) mass is 318 g/mol. The minimum absolute atomic E-state index is 0.0750. The molecule has 0 radical (unpaired) electrons. The molecule has 1 aliphatic carbocycles. The van der Waals surface area contributed by atoms with Crippen molar-refractivity contribution in [3.05, 3.63) is 46.5 Å². The van der Waals surface area contributed by atoms with Gasteiger partial charge in [-0.2, -0.15) is 0 Å². The highest BCUT2D eigenvalue weighted by Crippen LogP contribution is 2.24. The van der Waals surface area contributed by atoms with Crippen molar-refractivity contribution in [2.75, 3.05) is 5.32 Å². The molecule has 2 atom stereocenters. The Labute approximate surface area is 133 Å². The number of nitro benzene ring substituents is 1. The van der Waals surface area contributed by atoms with Gasteiger partial charge in [-0.1, -0.05) is 24.3 Å².